The number of amides is 2. The summed E-state index contributed by atoms with van der Waals surface area (Å²) >= 11 is 1.48. The van der Waals surface area contributed by atoms with Crippen molar-refractivity contribution >= 4 is 33.4 Å². The first-order chi connectivity index (χ1) is 12.0. The van der Waals surface area contributed by atoms with E-state index >= 15 is 0 Å². The number of aryl methyl sites for hydroxylation is 3. The summed E-state index contributed by atoms with van der Waals surface area (Å²) in [6.45, 7) is 11.1. The van der Waals surface area contributed by atoms with Crippen molar-refractivity contribution in [2.45, 2.75) is 66.0 Å². The Balaban J connectivity index is 1.98. The fraction of sp³-hybridized carbons (Fsp3) is 0.556. The van der Waals surface area contributed by atoms with Gasteiger partial charge < -0.3 is 15.6 Å². The van der Waals surface area contributed by atoms with Crippen LogP contribution in [0.1, 0.15) is 50.4 Å². The van der Waals surface area contributed by atoms with Gasteiger partial charge in [-0.05, 0) is 47.1 Å². The van der Waals surface area contributed by atoms with Crippen molar-refractivity contribution in [1.82, 2.24) is 20.6 Å². The Labute approximate surface area is 156 Å². The second-order valence-electron chi connectivity index (χ2n) is 7.50. The van der Waals surface area contributed by atoms with Gasteiger partial charge in [-0.1, -0.05) is 0 Å². The van der Waals surface area contributed by atoms with E-state index in [0.717, 1.165) is 10.4 Å². The molecule has 0 spiro atoms. The van der Waals surface area contributed by atoms with E-state index < -0.39 is 6.04 Å². The summed E-state index contributed by atoms with van der Waals surface area (Å²) in [5.41, 5.74) is 0.415. The van der Waals surface area contributed by atoms with Crippen LogP contribution in [0.4, 0.5) is 0 Å². The number of carbonyl (C=O) groups excluding carboxylic acids is 2. The molecular formula is C18H26N4O3S. The van der Waals surface area contributed by atoms with Gasteiger partial charge in [0, 0.05) is 23.3 Å². The summed E-state index contributed by atoms with van der Waals surface area (Å²) in [5, 5.41) is 6.11. The van der Waals surface area contributed by atoms with Crippen molar-refractivity contribution in [2.75, 3.05) is 0 Å². The van der Waals surface area contributed by atoms with E-state index in [0.29, 0.717) is 22.5 Å². The highest BCUT2D eigenvalue weighted by atomic mass is 32.1. The molecule has 0 aliphatic heterocycles. The van der Waals surface area contributed by atoms with Gasteiger partial charge in [0.05, 0.1) is 5.39 Å². The van der Waals surface area contributed by atoms with Gasteiger partial charge in [0.2, 0.25) is 11.8 Å². The van der Waals surface area contributed by atoms with Gasteiger partial charge in [-0.2, -0.15) is 0 Å². The normalized spacial score (nSPS) is 12.8. The zero-order valence-corrected chi connectivity index (χ0v) is 16.9. The van der Waals surface area contributed by atoms with Crippen LogP contribution in [0.2, 0.25) is 0 Å². The lowest BCUT2D eigenvalue weighted by atomic mass is 10.1. The molecule has 1 unspecified atom stereocenters. The lowest BCUT2D eigenvalue weighted by Crippen LogP contribution is -2.50. The first-order valence-corrected chi connectivity index (χ1v) is 9.40. The monoisotopic (exact) mass is 378 g/mol. The van der Waals surface area contributed by atoms with Gasteiger partial charge in [-0.25, -0.2) is 4.98 Å². The molecule has 0 aromatic carbocycles. The lowest BCUT2D eigenvalue weighted by molar-refractivity contribution is -0.129. The van der Waals surface area contributed by atoms with Crippen LogP contribution in [0.15, 0.2) is 4.79 Å². The van der Waals surface area contributed by atoms with E-state index in [9.17, 15) is 14.4 Å². The van der Waals surface area contributed by atoms with Gasteiger partial charge in [0.1, 0.15) is 16.7 Å². The van der Waals surface area contributed by atoms with Crippen molar-refractivity contribution in [3.63, 3.8) is 0 Å². The van der Waals surface area contributed by atoms with Crippen LogP contribution in [0.5, 0.6) is 0 Å². The highest BCUT2D eigenvalue weighted by Gasteiger charge is 2.20. The third-order valence-electron chi connectivity index (χ3n) is 3.95. The van der Waals surface area contributed by atoms with Crippen LogP contribution in [-0.2, 0) is 16.0 Å². The van der Waals surface area contributed by atoms with E-state index in [-0.39, 0.29) is 29.3 Å². The van der Waals surface area contributed by atoms with Crippen LogP contribution in [-0.4, -0.2) is 33.4 Å². The van der Waals surface area contributed by atoms with Crippen LogP contribution in [0.25, 0.3) is 10.2 Å². The first kappa shape index (κ1) is 20.1. The SMILES string of the molecule is Cc1sc2nc(CCC(=O)NC(C)C(=O)NC(C)(C)C)[nH]c(=O)c2c1C. The number of aromatic amines is 1. The zero-order valence-electron chi connectivity index (χ0n) is 16.1. The molecule has 0 saturated carbocycles. The molecule has 0 aliphatic carbocycles. The quantitative estimate of drug-likeness (QED) is 0.740. The molecule has 2 amide bonds. The molecule has 0 aliphatic rings. The molecule has 142 valence electrons. The standard InChI is InChI=1S/C18H26N4O3S/c1-9-11(3)26-17-14(9)16(25)20-12(21-17)7-8-13(23)19-10(2)15(24)22-18(4,5)6/h10H,7-8H2,1-6H3,(H,19,23)(H,22,24)(H,20,21,25). The molecule has 2 heterocycles. The van der Waals surface area contributed by atoms with Crippen LogP contribution in [0.3, 0.4) is 0 Å². The van der Waals surface area contributed by atoms with Crippen LogP contribution >= 0.6 is 11.3 Å². The van der Waals surface area contributed by atoms with Gasteiger partial charge in [-0.3, -0.25) is 14.4 Å². The number of hydrogen-bond donors (Lipinski definition) is 3. The minimum atomic E-state index is -0.626. The summed E-state index contributed by atoms with van der Waals surface area (Å²) in [4.78, 5) is 45.3. The lowest BCUT2D eigenvalue weighted by Gasteiger charge is -2.23. The first-order valence-electron chi connectivity index (χ1n) is 8.58. The second kappa shape index (κ2) is 7.57. The van der Waals surface area contributed by atoms with Gasteiger partial charge in [0.25, 0.3) is 5.56 Å². The van der Waals surface area contributed by atoms with Crippen molar-refractivity contribution < 1.29 is 9.59 Å². The van der Waals surface area contributed by atoms with Crippen molar-refractivity contribution in [3.05, 3.63) is 26.6 Å². The van der Waals surface area contributed by atoms with Crippen LogP contribution < -0.4 is 16.2 Å². The third kappa shape index (κ3) is 4.91. The molecular weight excluding hydrogens is 352 g/mol. The molecule has 2 aromatic rings. The fourth-order valence-corrected chi connectivity index (χ4v) is 3.56. The summed E-state index contributed by atoms with van der Waals surface area (Å²) in [6, 6.07) is -0.626. The van der Waals surface area contributed by atoms with E-state index in [1.54, 1.807) is 6.92 Å². The number of rotatable bonds is 5. The number of aromatic nitrogens is 2. The van der Waals surface area contributed by atoms with Gasteiger partial charge in [-0.15, -0.1) is 11.3 Å². The number of fused-ring (bicyclic) bond motifs is 1. The maximum absolute atomic E-state index is 12.2. The van der Waals surface area contributed by atoms with E-state index in [4.69, 9.17) is 0 Å². The smallest absolute Gasteiger partial charge is 0.259 e. The number of nitrogens with zero attached hydrogens (tertiary/aromatic N) is 1. The third-order valence-corrected chi connectivity index (χ3v) is 5.05. The summed E-state index contributed by atoms with van der Waals surface area (Å²) in [7, 11) is 0. The second-order valence-corrected chi connectivity index (χ2v) is 8.71. The average Bonchev–Trinajstić information content (AvgIpc) is 2.78. The number of H-pyrrole nitrogens is 1. The van der Waals surface area contributed by atoms with E-state index in [1.165, 1.54) is 11.3 Å². The molecule has 8 heteroatoms. The fourth-order valence-electron chi connectivity index (χ4n) is 2.51. The van der Waals surface area contributed by atoms with Crippen molar-refractivity contribution in [1.29, 1.82) is 0 Å². The Hall–Kier alpha value is -2.22. The Morgan fingerprint density at radius 1 is 1.27 bits per heavy atom. The van der Waals surface area contributed by atoms with Crippen LogP contribution in [0, 0.1) is 13.8 Å². The Bertz CT molecular complexity index is 892. The Kier molecular flexibility index (Phi) is 5.85. The molecule has 0 saturated heterocycles. The van der Waals surface area contributed by atoms with Crippen molar-refractivity contribution in [2.24, 2.45) is 0 Å². The average molecular weight is 378 g/mol. The summed E-state index contributed by atoms with van der Waals surface area (Å²) < 4.78 is 0. The number of carbonyl (C=O) groups is 2. The predicted octanol–water partition coefficient (Wildman–Crippen LogP) is 1.95. The minimum absolute atomic E-state index is 0.144. The highest BCUT2D eigenvalue weighted by molar-refractivity contribution is 7.18. The van der Waals surface area contributed by atoms with Gasteiger partial charge >= 0.3 is 0 Å². The molecule has 3 N–H and O–H groups in total. The highest BCUT2D eigenvalue weighted by Crippen LogP contribution is 2.25. The zero-order chi connectivity index (χ0) is 19.6. The van der Waals surface area contributed by atoms with E-state index in [2.05, 4.69) is 20.6 Å². The number of nitrogens with one attached hydrogen (secondary N) is 3. The largest absolute Gasteiger partial charge is 0.350 e. The summed E-state index contributed by atoms with van der Waals surface area (Å²) in [5.74, 6) is -0.0168. The molecule has 0 bridgehead atoms. The molecule has 7 nitrogen and oxygen atoms in total. The minimum Gasteiger partial charge on any atom is -0.350 e. The van der Waals surface area contributed by atoms with Gasteiger partial charge in [0.15, 0.2) is 0 Å². The Morgan fingerprint density at radius 3 is 2.54 bits per heavy atom. The number of hydrogen-bond acceptors (Lipinski definition) is 5. The molecule has 2 rings (SSSR count). The maximum Gasteiger partial charge on any atom is 0.259 e. The topological polar surface area (TPSA) is 104 Å². The maximum atomic E-state index is 12.2. The Morgan fingerprint density at radius 2 is 1.92 bits per heavy atom. The molecule has 0 fully saturated rings. The molecule has 1 atom stereocenters. The molecule has 26 heavy (non-hydrogen) atoms. The summed E-state index contributed by atoms with van der Waals surface area (Å²) in [6.07, 6.45) is 0.450. The van der Waals surface area contributed by atoms with Crippen molar-refractivity contribution in [3.8, 4) is 0 Å². The molecule has 0 radical (unpaired) electrons. The molecule has 2 aromatic heterocycles. The number of thiophene rings is 1. The predicted molar refractivity (Wildman–Crippen MR) is 104 cm³/mol. The van der Waals surface area contributed by atoms with E-state index in [1.807, 2.05) is 34.6 Å².